The second-order valence-corrected chi connectivity index (χ2v) is 7.56. The first-order valence-corrected chi connectivity index (χ1v) is 8.84. The third kappa shape index (κ3) is 3.90. The SMILES string of the molecule is CNS(=O)(=O)c1cnc(C[C@@H](C)c2ccccc2)c(Br)c1. The van der Waals surface area contributed by atoms with Gasteiger partial charge in [-0.15, -0.1) is 0 Å². The van der Waals surface area contributed by atoms with Gasteiger partial charge >= 0.3 is 0 Å². The molecule has 4 nitrogen and oxygen atoms in total. The number of sulfonamides is 1. The molecule has 112 valence electrons. The Labute approximate surface area is 133 Å². The Morgan fingerprint density at radius 1 is 1.29 bits per heavy atom. The lowest BCUT2D eigenvalue weighted by molar-refractivity contribution is 0.587. The number of nitrogens with one attached hydrogen (secondary N) is 1. The van der Waals surface area contributed by atoms with E-state index in [9.17, 15) is 8.42 Å². The van der Waals surface area contributed by atoms with Crippen molar-refractivity contribution < 1.29 is 8.42 Å². The topological polar surface area (TPSA) is 59.1 Å². The molecular formula is C15H17BrN2O2S. The normalized spacial score (nSPS) is 13.1. The Bertz CT molecular complexity index is 718. The van der Waals surface area contributed by atoms with Crippen LogP contribution in [-0.4, -0.2) is 20.4 Å². The molecule has 0 unspecified atom stereocenters. The van der Waals surface area contributed by atoms with Gasteiger partial charge in [0.05, 0.1) is 5.69 Å². The number of benzene rings is 1. The lowest BCUT2D eigenvalue weighted by Gasteiger charge is -2.13. The summed E-state index contributed by atoms with van der Waals surface area (Å²) < 4.78 is 26.5. The molecular weight excluding hydrogens is 352 g/mol. The molecule has 1 N–H and O–H groups in total. The maximum Gasteiger partial charge on any atom is 0.241 e. The number of hydrogen-bond donors (Lipinski definition) is 1. The van der Waals surface area contributed by atoms with Crippen molar-refractivity contribution in [3.05, 3.63) is 58.3 Å². The first kappa shape index (κ1) is 16.1. The molecule has 0 bridgehead atoms. The van der Waals surface area contributed by atoms with Crippen molar-refractivity contribution in [3.63, 3.8) is 0 Å². The van der Waals surface area contributed by atoms with Crippen molar-refractivity contribution in [1.29, 1.82) is 0 Å². The summed E-state index contributed by atoms with van der Waals surface area (Å²) in [5.41, 5.74) is 2.08. The summed E-state index contributed by atoms with van der Waals surface area (Å²) in [4.78, 5) is 4.45. The second kappa shape index (κ2) is 6.68. The van der Waals surface area contributed by atoms with Gasteiger partial charge in [-0.2, -0.15) is 0 Å². The van der Waals surface area contributed by atoms with Crippen molar-refractivity contribution in [3.8, 4) is 0 Å². The lowest BCUT2D eigenvalue weighted by Crippen LogP contribution is -2.19. The summed E-state index contributed by atoms with van der Waals surface area (Å²) in [6.07, 6.45) is 2.13. The Morgan fingerprint density at radius 2 is 1.95 bits per heavy atom. The predicted molar refractivity (Wildman–Crippen MR) is 86.7 cm³/mol. The highest BCUT2D eigenvalue weighted by Gasteiger charge is 2.16. The van der Waals surface area contributed by atoms with Crippen LogP contribution in [0, 0.1) is 0 Å². The predicted octanol–water partition coefficient (Wildman–Crippen LogP) is 3.10. The van der Waals surface area contributed by atoms with E-state index in [1.807, 2.05) is 18.2 Å². The minimum Gasteiger partial charge on any atom is -0.259 e. The van der Waals surface area contributed by atoms with Crippen LogP contribution in [0.5, 0.6) is 0 Å². The van der Waals surface area contributed by atoms with Crippen LogP contribution < -0.4 is 4.72 Å². The molecule has 0 aliphatic heterocycles. The number of nitrogens with zero attached hydrogens (tertiary/aromatic N) is 1. The lowest BCUT2D eigenvalue weighted by atomic mass is 9.96. The van der Waals surface area contributed by atoms with E-state index in [2.05, 4.69) is 44.7 Å². The van der Waals surface area contributed by atoms with E-state index >= 15 is 0 Å². The van der Waals surface area contributed by atoms with Gasteiger partial charge in [0.15, 0.2) is 0 Å². The zero-order valence-electron chi connectivity index (χ0n) is 11.9. The molecule has 6 heteroatoms. The van der Waals surface area contributed by atoms with Crippen molar-refractivity contribution in [2.24, 2.45) is 0 Å². The summed E-state index contributed by atoms with van der Waals surface area (Å²) in [6.45, 7) is 2.13. The van der Waals surface area contributed by atoms with Crippen molar-refractivity contribution in [2.45, 2.75) is 24.2 Å². The van der Waals surface area contributed by atoms with E-state index in [1.165, 1.54) is 18.8 Å². The average molecular weight is 369 g/mol. The molecule has 2 aromatic rings. The smallest absolute Gasteiger partial charge is 0.241 e. The van der Waals surface area contributed by atoms with Gasteiger partial charge in [-0.3, -0.25) is 4.98 Å². The first-order chi connectivity index (χ1) is 9.94. The minimum atomic E-state index is -3.46. The fourth-order valence-electron chi connectivity index (χ4n) is 2.05. The highest BCUT2D eigenvalue weighted by Crippen LogP contribution is 2.25. The van der Waals surface area contributed by atoms with E-state index in [4.69, 9.17) is 0 Å². The monoisotopic (exact) mass is 368 g/mol. The van der Waals surface area contributed by atoms with Gasteiger partial charge in [-0.1, -0.05) is 37.3 Å². The zero-order chi connectivity index (χ0) is 15.5. The number of aromatic nitrogens is 1. The molecule has 0 saturated carbocycles. The molecule has 1 aromatic heterocycles. The molecule has 2 rings (SSSR count). The summed E-state index contributed by atoms with van der Waals surface area (Å²) in [5.74, 6) is 0.307. The van der Waals surface area contributed by atoms with E-state index in [-0.39, 0.29) is 4.90 Å². The summed E-state index contributed by atoms with van der Waals surface area (Å²) in [6, 6.07) is 11.8. The van der Waals surface area contributed by atoms with Crippen molar-refractivity contribution >= 4 is 26.0 Å². The van der Waals surface area contributed by atoms with Crippen molar-refractivity contribution in [2.75, 3.05) is 7.05 Å². The molecule has 0 aliphatic rings. The molecule has 0 spiro atoms. The first-order valence-electron chi connectivity index (χ1n) is 6.57. The van der Waals surface area contributed by atoms with Crippen LogP contribution in [0.3, 0.4) is 0 Å². The van der Waals surface area contributed by atoms with Gasteiger partial charge < -0.3 is 0 Å². The minimum absolute atomic E-state index is 0.160. The third-order valence-corrected chi connectivity index (χ3v) is 5.41. The third-order valence-electron chi connectivity index (χ3n) is 3.34. The zero-order valence-corrected chi connectivity index (χ0v) is 14.3. The van der Waals surface area contributed by atoms with Gasteiger partial charge in [0.1, 0.15) is 4.90 Å². The fraction of sp³-hybridized carbons (Fsp3) is 0.267. The van der Waals surface area contributed by atoms with Gasteiger partial charge in [-0.25, -0.2) is 13.1 Å². The molecule has 1 atom stereocenters. The molecule has 0 amide bonds. The van der Waals surface area contributed by atoms with Crippen LogP contribution in [0.15, 0.2) is 52.0 Å². The highest BCUT2D eigenvalue weighted by molar-refractivity contribution is 9.10. The van der Waals surface area contributed by atoms with Crippen LogP contribution >= 0.6 is 15.9 Å². The molecule has 1 aromatic carbocycles. The van der Waals surface area contributed by atoms with E-state index in [0.717, 1.165) is 12.1 Å². The van der Waals surface area contributed by atoms with Crippen LogP contribution in [0.1, 0.15) is 24.1 Å². The van der Waals surface area contributed by atoms with Gasteiger partial charge in [0.25, 0.3) is 0 Å². The number of halogens is 1. The molecule has 1 heterocycles. The average Bonchev–Trinajstić information content (AvgIpc) is 2.50. The highest BCUT2D eigenvalue weighted by atomic mass is 79.9. The maximum atomic E-state index is 11.7. The fourth-order valence-corrected chi connectivity index (χ4v) is 3.42. The summed E-state index contributed by atoms with van der Waals surface area (Å²) in [5, 5.41) is 0. The Morgan fingerprint density at radius 3 is 2.52 bits per heavy atom. The standard InChI is InChI=1S/C15H17BrN2O2S/c1-11(12-6-4-3-5-7-12)8-15-14(16)9-13(10-18-15)21(19,20)17-2/h3-7,9-11,17H,8H2,1-2H3/t11-/m1/s1. The Kier molecular flexibility index (Phi) is 5.13. The largest absolute Gasteiger partial charge is 0.259 e. The number of rotatable bonds is 5. The van der Waals surface area contributed by atoms with Crippen LogP contribution in [0.4, 0.5) is 0 Å². The van der Waals surface area contributed by atoms with Crippen LogP contribution in [0.2, 0.25) is 0 Å². The number of pyridine rings is 1. The second-order valence-electron chi connectivity index (χ2n) is 4.82. The molecule has 0 aliphatic carbocycles. The molecule has 0 radical (unpaired) electrons. The van der Waals surface area contributed by atoms with E-state index < -0.39 is 10.0 Å². The molecule has 21 heavy (non-hydrogen) atoms. The summed E-state index contributed by atoms with van der Waals surface area (Å²) in [7, 11) is -2.08. The molecule has 0 fully saturated rings. The van der Waals surface area contributed by atoms with Crippen LogP contribution in [-0.2, 0) is 16.4 Å². The van der Waals surface area contributed by atoms with Gasteiger partial charge in [0.2, 0.25) is 10.0 Å². The number of hydrogen-bond acceptors (Lipinski definition) is 3. The summed E-state index contributed by atoms with van der Waals surface area (Å²) >= 11 is 3.42. The quantitative estimate of drug-likeness (QED) is 0.881. The molecule has 0 saturated heterocycles. The van der Waals surface area contributed by atoms with Crippen LogP contribution in [0.25, 0.3) is 0 Å². The van der Waals surface area contributed by atoms with Crippen molar-refractivity contribution in [1.82, 2.24) is 9.71 Å². The Hall–Kier alpha value is -1.24. The van der Waals surface area contributed by atoms with E-state index in [0.29, 0.717) is 10.4 Å². The van der Waals surface area contributed by atoms with E-state index in [1.54, 1.807) is 6.07 Å². The van der Waals surface area contributed by atoms with Gasteiger partial charge in [-0.05, 0) is 46.9 Å². The maximum absolute atomic E-state index is 11.7. The van der Waals surface area contributed by atoms with Gasteiger partial charge in [0, 0.05) is 10.7 Å². The Balaban J connectivity index is 2.23.